The Morgan fingerprint density at radius 2 is 1.62 bits per heavy atom. The molecule has 0 atom stereocenters. The van der Waals surface area contributed by atoms with Crippen LogP contribution in [0, 0.1) is 5.82 Å². The molecule has 2 aromatic heterocycles. The van der Waals surface area contributed by atoms with Gasteiger partial charge in [0.2, 0.25) is 5.95 Å². The monoisotopic (exact) mass is 532 g/mol. The maximum atomic E-state index is 14.7. The molecular formula is C30H37FN6O2. The van der Waals surface area contributed by atoms with E-state index >= 15 is 0 Å². The number of hydrogen-bond donors (Lipinski definition) is 1. The van der Waals surface area contributed by atoms with E-state index in [1.165, 1.54) is 21.8 Å². The molecule has 0 radical (unpaired) electrons. The number of rotatable bonds is 6. The van der Waals surface area contributed by atoms with Crippen LogP contribution in [-0.4, -0.2) is 50.2 Å². The van der Waals surface area contributed by atoms with Gasteiger partial charge in [-0.2, -0.15) is 4.98 Å². The van der Waals surface area contributed by atoms with E-state index in [0.29, 0.717) is 30.2 Å². The zero-order chi connectivity index (χ0) is 27.9. The number of hydrogen-bond acceptors (Lipinski definition) is 5. The van der Waals surface area contributed by atoms with Crippen LogP contribution in [0.2, 0.25) is 0 Å². The summed E-state index contributed by atoms with van der Waals surface area (Å²) >= 11 is 0. The molecule has 3 heterocycles. The summed E-state index contributed by atoms with van der Waals surface area (Å²) in [7, 11) is 0. The van der Waals surface area contributed by atoms with Gasteiger partial charge in [0, 0.05) is 44.3 Å². The highest BCUT2D eigenvalue weighted by Gasteiger charge is 2.26. The summed E-state index contributed by atoms with van der Waals surface area (Å²) in [5, 5.41) is 0. The number of fused-ring (bicyclic) bond motifs is 1. The highest BCUT2D eigenvalue weighted by Crippen LogP contribution is 2.26. The van der Waals surface area contributed by atoms with E-state index in [-0.39, 0.29) is 29.3 Å². The number of nitrogens with zero attached hydrogens (tertiary/aromatic N) is 5. The molecule has 206 valence electrons. The van der Waals surface area contributed by atoms with E-state index in [9.17, 15) is 14.0 Å². The predicted molar refractivity (Wildman–Crippen MR) is 153 cm³/mol. The first-order chi connectivity index (χ1) is 18.5. The summed E-state index contributed by atoms with van der Waals surface area (Å²) in [6.07, 6.45) is 0. The lowest BCUT2D eigenvalue weighted by Crippen LogP contribution is -2.47. The summed E-state index contributed by atoms with van der Waals surface area (Å²) in [4.78, 5) is 37.5. The molecule has 4 aromatic rings. The van der Waals surface area contributed by atoms with Crippen LogP contribution in [0.4, 0.5) is 10.3 Å². The van der Waals surface area contributed by atoms with Gasteiger partial charge in [-0.15, -0.1) is 0 Å². The molecule has 8 nitrogen and oxygen atoms in total. The van der Waals surface area contributed by atoms with Crippen LogP contribution in [-0.2, 0) is 18.5 Å². The van der Waals surface area contributed by atoms with Crippen molar-refractivity contribution in [3.8, 4) is 0 Å². The third kappa shape index (κ3) is 5.41. The van der Waals surface area contributed by atoms with Crippen molar-refractivity contribution in [1.29, 1.82) is 0 Å². The fourth-order valence-corrected chi connectivity index (χ4v) is 5.28. The molecule has 1 saturated heterocycles. The summed E-state index contributed by atoms with van der Waals surface area (Å²) in [5.74, 6) is 0.231. The predicted octanol–water partition coefficient (Wildman–Crippen LogP) is 4.27. The van der Waals surface area contributed by atoms with E-state index in [4.69, 9.17) is 4.98 Å². The van der Waals surface area contributed by atoms with Gasteiger partial charge in [-0.1, -0.05) is 63.2 Å². The van der Waals surface area contributed by atoms with Crippen molar-refractivity contribution in [2.45, 2.75) is 59.2 Å². The Hall–Kier alpha value is -3.72. The minimum Gasteiger partial charge on any atom is -0.340 e. The zero-order valence-corrected chi connectivity index (χ0v) is 23.4. The number of H-pyrrole nitrogens is 1. The number of benzene rings is 2. The molecule has 1 aliphatic heterocycles. The average molecular weight is 533 g/mol. The van der Waals surface area contributed by atoms with Crippen LogP contribution < -0.4 is 16.1 Å². The van der Waals surface area contributed by atoms with Crippen molar-refractivity contribution < 1.29 is 4.39 Å². The molecule has 0 saturated carbocycles. The minimum atomic E-state index is -0.515. The largest absolute Gasteiger partial charge is 0.340 e. The summed E-state index contributed by atoms with van der Waals surface area (Å²) in [6.45, 7) is 14.4. The number of piperazine rings is 1. The van der Waals surface area contributed by atoms with Gasteiger partial charge in [-0.25, -0.2) is 9.18 Å². The Bertz CT molecular complexity index is 1590. The summed E-state index contributed by atoms with van der Waals surface area (Å²) in [6, 6.07) is 15.2. The lowest BCUT2D eigenvalue weighted by atomic mass is 9.87. The van der Waals surface area contributed by atoms with E-state index in [2.05, 4.69) is 59.8 Å². The van der Waals surface area contributed by atoms with E-state index in [0.717, 1.165) is 19.6 Å². The molecule has 2 aromatic carbocycles. The average Bonchev–Trinajstić information content (AvgIpc) is 3.24. The molecule has 1 fully saturated rings. The Kier molecular flexibility index (Phi) is 7.20. The highest BCUT2D eigenvalue weighted by molar-refractivity contribution is 5.75. The number of aromatic nitrogens is 4. The molecule has 0 spiro atoms. The van der Waals surface area contributed by atoms with Gasteiger partial charge in [0.15, 0.2) is 11.2 Å². The second-order valence-corrected chi connectivity index (χ2v) is 11.7. The van der Waals surface area contributed by atoms with Crippen molar-refractivity contribution in [2.75, 3.05) is 31.1 Å². The highest BCUT2D eigenvalue weighted by atomic mass is 19.1. The Labute approximate surface area is 227 Å². The van der Waals surface area contributed by atoms with E-state index in [1.54, 1.807) is 22.8 Å². The van der Waals surface area contributed by atoms with E-state index < -0.39 is 11.2 Å². The number of anilines is 1. The first-order valence-electron chi connectivity index (χ1n) is 13.6. The lowest BCUT2D eigenvalue weighted by molar-refractivity contribution is 0.248. The van der Waals surface area contributed by atoms with Crippen LogP contribution in [0.5, 0.6) is 0 Å². The van der Waals surface area contributed by atoms with Crippen LogP contribution in [0.15, 0.2) is 58.1 Å². The smallest absolute Gasteiger partial charge is 0.330 e. The molecule has 0 unspecified atom stereocenters. The van der Waals surface area contributed by atoms with Crippen molar-refractivity contribution >= 4 is 17.1 Å². The molecule has 0 aliphatic carbocycles. The molecular weight excluding hydrogens is 495 g/mol. The van der Waals surface area contributed by atoms with Crippen molar-refractivity contribution in [2.24, 2.45) is 0 Å². The van der Waals surface area contributed by atoms with Crippen LogP contribution in [0.25, 0.3) is 11.2 Å². The quantitative estimate of drug-likeness (QED) is 0.401. The van der Waals surface area contributed by atoms with Crippen LogP contribution in [0.3, 0.4) is 0 Å². The molecule has 0 bridgehead atoms. The van der Waals surface area contributed by atoms with Gasteiger partial charge in [-0.3, -0.25) is 23.8 Å². The minimum absolute atomic E-state index is 0.126. The second-order valence-electron chi connectivity index (χ2n) is 11.7. The molecule has 5 rings (SSSR count). The third-order valence-electron chi connectivity index (χ3n) is 7.50. The van der Waals surface area contributed by atoms with Gasteiger partial charge in [0.1, 0.15) is 5.82 Å². The summed E-state index contributed by atoms with van der Waals surface area (Å²) < 4.78 is 17.9. The van der Waals surface area contributed by atoms with Gasteiger partial charge in [0.05, 0.1) is 6.54 Å². The van der Waals surface area contributed by atoms with Gasteiger partial charge >= 0.3 is 5.69 Å². The fraction of sp³-hybridized carbons (Fsp3) is 0.433. The molecule has 1 aliphatic rings. The molecule has 39 heavy (non-hydrogen) atoms. The normalized spacial score (nSPS) is 15.0. The number of nitrogens with one attached hydrogen (secondary N) is 1. The van der Waals surface area contributed by atoms with Crippen LogP contribution in [0.1, 0.15) is 57.4 Å². The maximum absolute atomic E-state index is 14.7. The molecule has 9 heteroatoms. The molecule has 0 amide bonds. The van der Waals surface area contributed by atoms with Crippen molar-refractivity contribution in [3.05, 3.63) is 91.9 Å². The Morgan fingerprint density at radius 3 is 2.23 bits per heavy atom. The maximum Gasteiger partial charge on any atom is 0.330 e. The summed E-state index contributed by atoms with van der Waals surface area (Å²) in [5.41, 5.74) is 2.77. The first-order valence-corrected chi connectivity index (χ1v) is 13.6. The van der Waals surface area contributed by atoms with Gasteiger partial charge in [0.25, 0.3) is 5.56 Å². The van der Waals surface area contributed by atoms with Gasteiger partial charge in [-0.05, 0) is 36.5 Å². The van der Waals surface area contributed by atoms with Crippen molar-refractivity contribution in [1.82, 2.24) is 24.0 Å². The number of imidazole rings is 1. The zero-order valence-electron chi connectivity index (χ0n) is 23.4. The van der Waals surface area contributed by atoms with Gasteiger partial charge < -0.3 is 4.90 Å². The Balaban J connectivity index is 1.45. The standard InChI is InChI=1S/C30H37FN6O2/c1-20(2)37-26-25(27(38)33-29(37)39)36(19-22-8-6-7-9-24(22)31)28(32-26)35-16-14-34(15-17-35)18-21-10-12-23(13-11-21)30(3,4)5/h6-13,20H,14-19H2,1-5H3,(H,33,38,39). The lowest BCUT2D eigenvalue weighted by Gasteiger charge is -2.35. The Morgan fingerprint density at radius 1 is 0.949 bits per heavy atom. The number of halogens is 1. The SMILES string of the molecule is CC(C)n1c(=O)[nH]c(=O)c2c1nc(N1CCN(Cc3ccc(C(C)(C)C)cc3)CC1)n2Cc1ccccc1F. The molecule has 1 N–H and O–H groups in total. The third-order valence-corrected chi connectivity index (χ3v) is 7.50. The first kappa shape index (κ1) is 26.9. The topological polar surface area (TPSA) is 79.2 Å². The fourth-order valence-electron chi connectivity index (χ4n) is 5.28. The van der Waals surface area contributed by atoms with Crippen molar-refractivity contribution in [3.63, 3.8) is 0 Å². The van der Waals surface area contributed by atoms with Crippen LogP contribution >= 0.6 is 0 Å². The van der Waals surface area contributed by atoms with E-state index in [1.807, 2.05) is 13.8 Å². The second kappa shape index (κ2) is 10.4. The number of aromatic amines is 1.